The first-order chi connectivity index (χ1) is 13.8. The minimum absolute atomic E-state index is 0.146. The zero-order chi connectivity index (χ0) is 18.9. The summed E-state index contributed by atoms with van der Waals surface area (Å²) in [5.41, 5.74) is 2.68. The highest BCUT2D eigenvalue weighted by atomic mass is 16.6. The SMILES string of the molecule is O=C(Cc1ccc2c(c1)OCCO2)N1CCC(c2nc3ccccc3o2)CC1. The molecule has 0 atom stereocenters. The van der Waals surface area contributed by atoms with Crippen molar-refractivity contribution in [3.05, 3.63) is 53.9 Å². The Bertz CT molecular complexity index is 972. The molecule has 6 heteroatoms. The van der Waals surface area contributed by atoms with Gasteiger partial charge in [-0.25, -0.2) is 4.98 Å². The van der Waals surface area contributed by atoms with E-state index in [1.807, 2.05) is 47.4 Å². The molecule has 2 aliphatic heterocycles. The van der Waals surface area contributed by atoms with Crippen LogP contribution in [-0.2, 0) is 11.2 Å². The van der Waals surface area contributed by atoms with Crippen LogP contribution in [0.3, 0.4) is 0 Å². The van der Waals surface area contributed by atoms with Crippen LogP contribution in [-0.4, -0.2) is 42.1 Å². The number of oxazole rings is 1. The number of hydrogen-bond acceptors (Lipinski definition) is 5. The van der Waals surface area contributed by atoms with E-state index in [9.17, 15) is 4.79 Å². The lowest BCUT2D eigenvalue weighted by Crippen LogP contribution is -2.38. The van der Waals surface area contributed by atoms with E-state index in [0.717, 1.165) is 60.0 Å². The third kappa shape index (κ3) is 3.30. The zero-order valence-electron chi connectivity index (χ0n) is 15.6. The Hall–Kier alpha value is -3.02. The molecular formula is C22H22N2O4. The fraction of sp³-hybridized carbons (Fsp3) is 0.364. The van der Waals surface area contributed by atoms with E-state index in [1.165, 1.54) is 0 Å². The Morgan fingerprint density at radius 2 is 1.82 bits per heavy atom. The summed E-state index contributed by atoms with van der Waals surface area (Å²) < 4.78 is 17.1. The van der Waals surface area contributed by atoms with Gasteiger partial charge in [0.15, 0.2) is 23.0 Å². The van der Waals surface area contributed by atoms with Gasteiger partial charge in [-0.1, -0.05) is 18.2 Å². The van der Waals surface area contributed by atoms with Gasteiger partial charge in [0, 0.05) is 19.0 Å². The smallest absolute Gasteiger partial charge is 0.226 e. The Morgan fingerprint density at radius 3 is 2.64 bits per heavy atom. The van der Waals surface area contributed by atoms with Crippen LogP contribution in [0.25, 0.3) is 11.1 Å². The minimum atomic E-state index is 0.146. The quantitative estimate of drug-likeness (QED) is 0.697. The monoisotopic (exact) mass is 378 g/mol. The van der Waals surface area contributed by atoms with E-state index in [1.54, 1.807) is 0 Å². The van der Waals surface area contributed by atoms with Gasteiger partial charge in [-0.2, -0.15) is 0 Å². The van der Waals surface area contributed by atoms with Crippen molar-refractivity contribution in [1.82, 2.24) is 9.88 Å². The predicted octanol–water partition coefficient (Wildman–Crippen LogP) is 3.55. The van der Waals surface area contributed by atoms with Crippen LogP contribution in [0.15, 0.2) is 46.9 Å². The van der Waals surface area contributed by atoms with Crippen LogP contribution < -0.4 is 9.47 Å². The van der Waals surface area contributed by atoms with Gasteiger partial charge in [-0.15, -0.1) is 0 Å². The Labute approximate surface area is 163 Å². The summed E-state index contributed by atoms with van der Waals surface area (Å²) in [7, 11) is 0. The lowest BCUT2D eigenvalue weighted by Gasteiger charge is -2.30. The largest absolute Gasteiger partial charge is 0.486 e. The van der Waals surface area contributed by atoms with Crippen molar-refractivity contribution in [1.29, 1.82) is 0 Å². The Balaban J connectivity index is 1.21. The summed E-state index contributed by atoms with van der Waals surface area (Å²) in [6.45, 7) is 2.58. The topological polar surface area (TPSA) is 64.8 Å². The summed E-state index contributed by atoms with van der Waals surface area (Å²) in [5, 5.41) is 0. The summed E-state index contributed by atoms with van der Waals surface area (Å²) in [5.74, 6) is 2.69. The fourth-order valence-corrected chi connectivity index (χ4v) is 3.92. The maximum atomic E-state index is 12.7. The highest BCUT2D eigenvalue weighted by molar-refractivity contribution is 5.79. The molecule has 2 aliphatic rings. The molecule has 6 nitrogen and oxygen atoms in total. The maximum absolute atomic E-state index is 12.7. The Kier molecular flexibility index (Phi) is 4.39. The first kappa shape index (κ1) is 17.1. The fourth-order valence-electron chi connectivity index (χ4n) is 3.92. The number of para-hydroxylation sites is 2. The highest BCUT2D eigenvalue weighted by Gasteiger charge is 2.27. The van der Waals surface area contributed by atoms with Crippen molar-refractivity contribution in [2.24, 2.45) is 0 Å². The lowest BCUT2D eigenvalue weighted by molar-refractivity contribution is -0.131. The van der Waals surface area contributed by atoms with Gasteiger partial charge >= 0.3 is 0 Å². The molecule has 3 aromatic rings. The van der Waals surface area contributed by atoms with Gasteiger partial charge in [0.1, 0.15) is 18.7 Å². The van der Waals surface area contributed by atoms with Crippen LogP contribution >= 0.6 is 0 Å². The maximum Gasteiger partial charge on any atom is 0.226 e. The molecule has 144 valence electrons. The van der Waals surface area contributed by atoms with Crippen molar-refractivity contribution in [2.75, 3.05) is 26.3 Å². The summed E-state index contributed by atoms with van der Waals surface area (Å²) in [6, 6.07) is 13.6. The molecule has 0 aliphatic carbocycles. The van der Waals surface area contributed by atoms with Crippen molar-refractivity contribution in [2.45, 2.75) is 25.2 Å². The van der Waals surface area contributed by atoms with Gasteiger partial charge < -0.3 is 18.8 Å². The predicted molar refractivity (Wildman–Crippen MR) is 104 cm³/mol. The van der Waals surface area contributed by atoms with E-state index in [4.69, 9.17) is 13.9 Å². The standard InChI is InChI=1S/C22H22N2O4/c25-21(14-15-5-6-19-20(13-15)27-12-11-26-19)24-9-7-16(8-10-24)22-23-17-3-1-2-4-18(17)28-22/h1-6,13,16H,7-12,14H2. The number of piperidine rings is 1. The average Bonchev–Trinajstić information content (AvgIpc) is 3.18. The molecule has 1 fully saturated rings. The second kappa shape index (κ2) is 7.19. The van der Waals surface area contributed by atoms with E-state index in [-0.39, 0.29) is 11.8 Å². The molecule has 28 heavy (non-hydrogen) atoms. The molecule has 3 heterocycles. The first-order valence-corrected chi connectivity index (χ1v) is 9.78. The molecule has 0 spiro atoms. The second-order valence-corrected chi connectivity index (χ2v) is 7.33. The normalized spacial score (nSPS) is 17.1. The molecule has 5 rings (SSSR count). The zero-order valence-corrected chi connectivity index (χ0v) is 15.6. The average molecular weight is 378 g/mol. The van der Waals surface area contributed by atoms with Crippen molar-refractivity contribution in [3.8, 4) is 11.5 Å². The van der Waals surface area contributed by atoms with Crippen LogP contribution in [0.4, 0.5) is 0 Å². The number of nitrogens with zero attached hydrogens (tertiary/aromatic N) is 2. The molecule has 0 unspecified atom stereocenters. The third-order valence-electron chi connectivity index (χ3n) is 5.47. The van der Waals surface area contributed by atoms with Crippen molar-refractivity contribution < 1.29 is 18.7 Å². The van der Waals surface area contributed by atoms with E-state index in [2.05, 4.69) is 4.98 Å². The lowest BCUT2D eigenvalue weighted by atomic mass is 9.96. The highest BCUT2D eigenvalue weighted by Crippen LogP contribution is 2.32. The molecule has 1 amide bonds. The molecule has 2 aromatic carbocycles. The van der Waals surface area contributed by atoms with E-state index >= 15 is 0 Å². The number of hydrogen-bond donors (Lipinski definition) is 0. The minimum Gasteiger partial charge on any atom is -0.486 e. The molecular weight excluding hydrogens is 356 g/mol. The molecule has 0 N–H and O–H groups in total. The molecule has 0 saturated carbocycles. The van der Waals surface area contributed by atoms with Gasteiger partial charge in [0.25, 0.3) is 0 Å². The molecule has 1 aromatic heterocycles. The number of amides is 1. The summed E-state index contributed by atoms with van der Waals surface area (Å²) in [4.78, 5) is 19.3. The number of aromatic nitrogens is 1. The first-order valence-electron chi connectivity index (χ1n) is 9.78. The summed E-state index contributed by atoms with van der Waals surface area (Å²) in [6.07, 6.45) is 2.13. The van der Waals surface area contributed by atoms with Crippen LogP contribution in [0.5, 0.6) is 11.5 Å². The number of carbonyl (C=O) groups is 1. The number of rotatable bonds is 3. The van der Waals surface area contributed by atoms with Crippen LogP contribution in [0, 0.1) is 0 Å². The molecule has 1 saturated heterocycles. The van der Waals surface area contributed by atoms with Gasteiger partial charge in [0.05, 0.1) is 6.42 Å². The van der Waals surface area contributed by atoms with E-state index < -0.39 is 0 Å². The van der Waals surface area contributed by atoms with Gasteiger partial charge in [-0.05, 0) is 42.7 Å². The van der Waals surface area contributed by atoms with Crippen molar-refractivity contribution in [3.63, 3.8) is 0 Å². The van der Waals surface area contributed by atoms with E-state index in [0.29, 0.717) is 19.6 Å². The summed E-state index contributed by atoms with van der Waals surface area (Å²) >= 11 is 0. The number of fused-ring (bicyclic) bond motifs is 2. The number of benzene rings is 2. The Morgan fingerprint density at radius 1 is 1.04 bits per heavy atom. The van der Waals surface area contributed by atoms with Crippen LogP contribution in [0.2, 0.25) is 0 Å². The molecule has 0 bridgehead atoms. The number of carbonyl (C=O) groups excluding carboxylic acids is 1. The van der Waals surface area contributed by atoms with Crippen LogP contribution in [0.1, 0.15) is 30.2 Å². The number of likely N-dealkylation sites (tertiary alicyclic amines) is 1. The van der Waals surface area contributed by atoms with Crippen molar-refractivity contribution >= 4 is 17.0 Å². The van der Waals surface area contributed by atoms with Gasteiger partial charge in [0.2, 0.25) is 5.91 Å². The third-order valence-corrected chi connectivity index (χ3v) is 5.47. The number of ether oxygens (including phenoxy) is 2. The second-order valence-electron chi connectivity index (χ2n) is 7.33. The van der Waals surface area contributed by atoms with Gasteiger partial charge in [-0.3, -0.25) is 4.79 Å². The molecule has 0 radical (unpaired) electrons.